The van der Waals surface area contributed by atoms with E-state index in [4.69, 9.17) is 0 Å². The average molecular weight is 286 g/mol. The number of nitrogens with one attached hydrogen (secondary N) is 1. The molecule has 0 saturated carbocycles. The van der Waals surface area contributed by atoms with Crippen molar-refractivity contribution in [3.63, 3.8) is 0 Å². The van der Waals surface area contributed by atoms with Crippen LogP contribution in [0.5, 0.6) is 5.75 Å². The summed E-state index contributed by atoms with van der Waals surface area (Å²) in [6.45, 7) is 9.10. The van der Waals surface area contributed by atoms with Crippen molar-refractivity contribution in [3.05, 3.63) is 23.3 Å². The molecule has 0 amide bonds. The van der Waals surface area contributed by atoms with E-state index in [0.717, 1.165) is 23.4 Å². The number of rotatable bonds is 4. The molecule has 0 saturated heterocycles. The van der Waals surface area contributed by atoms with Crippen molar-refractivity contribution >= 4 is 21.6 Å². The summed E-state index contributed by atoms with van der Waals surface area (Å²) in [5.41, 5.74) is 2.90. The van der Waals surface area contributed by atoms with Crippen LogP contribution >= 0.6 is 15.9 Å². The Hall–Kier alpha value is -0.700. The number of hydrogen-bond acceptors (Lipinski definition) is 2. The fraction of sp³-hybridized carbons (Fsp3) is 0.538. The molecule has 0 aliphatic rings. The molecule has 0 aliphatic carbocycles. The largest absolute Gasteiger partial charge is 0.506 e. The summed E-state index contributed by atoms with van der Waals surface area (Å²) >= 11 is 3.62. The van der Waals surface area contributed by atoms with Crippen LogP contribution in [0.4, 0.5) is 5.69 Å². The lowest BCUT2D eigenvalue weighted by Gasteiger charge is -2.17. The van der Waals surface area contributed by atoms with E-state index in [0.29, 0.717) is 16.5 Å². The van der Waals surface area contributed by atoms with E-state index in [9.17, 15) is 5.11 Å². The molecular weight excluding hydrogens is 266 g/mol. The topological polar surface area (TPSA) is 32.3 Å². The number of aryl methyl sites for hydroxylation is 2. The lowest BCUT2D eigenvalue weighted by atomic mass is 10.1. The molecule has 0 fully saturated rings. The van der Waals surface area contributed by atoms with E-state index in [1.165, 1.54) is 0 Å². The number of halogens is 1. The summed E-state index contributed by atoms with van der Waals surface area (Å²) in [4.78, 5) is 0.410. The molecule has 1 atom stereocenters. The first-order chi connectivity index (χ1) is 7.41. The molecule has 0 aromatic heterocycles. The van der Waals surface area contributed by atoms with Crippen molar-refractivity contribution in [2.24, 2.45) is 5.92 Å². The van der Waals surface area contributed by atoms with Crippen LogP contribution < -0.4 is 5.32 Å². The van der Waals surface area contributed by atoms with Crippen LogP contribution in [0, 0.1) is 19.8 Å². The molecule has 1 aromatic carbocycles. The summed E-state index contributed by atoms with van der Waals surface area (Å²) in [6, 6.07) is 3.96. The zero-order chi connectivity index (χ0) is 12.3. The van der Waals surface area contributed by atoms with Gasteiger partial charge in [-0.1, -0.05) is 35.8 Å². The van der Waals surface area contributed by atoms with E-state index in [-0.39, 0.29) is 0 Å². The van der Waals surface area contributed by atoms with Gasteiger partial charge in [0.2, 0.25) is 0 Å². The molecule has 16 heavy (non-hydrogen) atoms. The Labute approximate surface area is 106 Å². The van der Waals surface area contributed by atoms with Crippen molar-refractivity contribution in [3.8, 4) is 5.75 Å². The standard InChI is InChI=1S/C13H20BrNO/c1-8(2)11(14)7-15-12-6-9(3)5-10(4)13(12)16/h5-6,8,11,15-16H,7H2,1-4H3/t11-/m1/s1. The van der Waals surface area contributed by atoms with Crippen molar-refractivity contribution in [2.75, 3.05) is 11.9 Å². The van der Waals surface area contributed by atoms with Crippen molar-refractivity contribution < 1.29 is 5.11 Å². The third kappa shape index (κ3) is 3.41. The van der Waals surface area contributed by atoms with Crippen LogP contribution in [0.1, 0.15) is 25.0 Å². The maximum Gasteiger partial charge on any atom is 0.141 e. The van der Waals surface area contributed by atoms with Crippen LogP contribution in [0.15, 0.2) is 12.1 Å². The highest BCUT2D eigenvalue weighted by Crippen LogP contribution is 2.29. The summed E-state index contributed by atoms with van der Waals surface area (Å²) in [5.74, 6) is 0.926. The molecule has 0 aliphatic heterocycles. The Bertz CT molecular complexity index is 363. The maximum absolute atomic E-state index is 9.90. The molecule has 0 bridgehead atoms. The van der Waals surface area contributed by atoms with Crippen LogP contribution in [0.2, 0.25) is 0 Å². The lowest BCUT2D eigenvalue weighted by Crippen LogP contribution is -2.19. The summed E-state index contributed by atoms with van der Waals surface area (Å²) in [7, 11) is 0. The van der Waals surface area contributed by atoms with Gasteiger partial charge in [0.1, 0.15) is 5.75 Å². The third-order valence-electron chi connectivity index (χ3n) is 2.66. The fourth-order valence-electron chi connectivity index (χ4n) is 1.54. The van der Waals surface area contributed by atoms with Gasteiger partial charge in [0.05, 0.1) is 5.69 Å². The van der Waals surface area contributed by atoms with E-state index in [1.807, 2.05) is 26.0 Å². The zero-order valence-corrected chi connectivity index (χ0v) is 11.9. The van der Waals surface area contributed by atoms with E-state index in [1.54, 1.807) is 0 Å². The Morgan fingerprint density at radius 1 is 1.31 bits per heavy atom. The predicted octanol–water partition coefficient (Wildman–Crippen LogP) is 3.84. The second-order valence-corrected chi connectivity index (χ2v) is 5.80. The van der Waals surface area contributed by atoms with Gasteiger partial charge in [-0.3, -0.25) is 0 Å². The molecule has 0 unspecified atom stereocenters. The molecule has 0 heterocycles. The molecule has 1 aromatic rings. The number of alkyl halides is 1. The monoisotopic (exact) mass is 285 g/mol. The van der Waals surface area contributed by atoms with E-state index >= 15 is 0 Å². The number of anilines is 1. The SMILES string of the molecule is Cc1cc(C)c(O)c(NC[C@@H](Br)C(C)C)c1. The first-order valence-electron chi connectivity index (χ1n) is 5.60. The number of benzene rings is 1. The molecule has 1 rings (SSSR count). The normalized spacial score (nSPS) is 12.9. The summed E-state index contributed by atoms with van der Waals surface area (Å²) in [6.07, 6.45) is 0. The molecule has 90 valence electrons. The average Bonchev–Trinajstić information content (AvgIpc) is 2.20. The summed E-state index contributed by atoms with van der Waals surface area (Å²) < 4.78 is 0. The number of phenols is 1. The first-order valence-corrected chi connectivity index (χ1v) is 6.51. The van der Waals surface area contributed by atoms with Gasteiger partial charge < -0.3 is 10.4 Å². The number of hydrogen-bond donors (Lipinski definition) is 2. The Kier molecular flexibility index (Phi) is 4.66. The summed E-state index contributed by atoms with van der Waals surface area (Å²) in [5, 5.41) is 13.2. The minimum absolute atomic E-state index is 0.356. The highest BCUT2D eigenvalue weighted by atomic mass is 79.9. The fourth-order valence-corrected chi connectivity index (χ4v) is 1.70. The first kappa shape index (κ1) is 13.4. The number of phenolic OH excluding ortho intramolecular Hbond substituents is 1. The van der Waals surface area contributed by atoms with Gasteiger partial charge in [-0.15, -0.1) is 0 Å². The number of aromatic hydroxyl groups is 1. The highest BCUT2D eigenvalue weighted by Gasteiger charge is 2.10. The van der Waals surface area contributed by atoms with Crippen molar-refractivity contribution in [2.45, 2.75) is 32.5 Å². The third-order valence-corrected chi connectivity index (χ3v) is 4.04. The molecule has 3 heteroatoms. The van der Waals surface area contributed by atoms with Crippen molar-refractivity contribution in [1.29, 1.82) is 0 Å². The molecule has 2 nitrogen and oxygen atoms in total. The lowest BCUT2D eigenvalue weighted by molar-refractivity contribution is 0.472. The van der Waals surface area contributed by atoms with Crippen LogP contribution in [0.25, 0.3) is 0 Å². The van der Waals surface area contributed by atoms with Gasteiger partial charge in [0, 0.05) is 11.4 Å². The maximum atomic E-state index is 9.90. The van der Waals surface area contributed by atoms with Gasteiger partial charge in [-0.25, -0.2) is 0 Å². The Morgan fingerprint density at radius 2 is 1.94 bits per heavy atom. The smallest absolute Gasteiger partial charge is 0.141 e. The molecule has 2 N–H and O–H groups in total. The van der Waals surface area contributed by atoms with E-state index < -0.39 is 0 Å². The molecule has 0 radical (unpaired) electrons. The van der Waals surface area contributed by atoms with Crippen LogP contribution in [-0.4, -0.2) is 16.5 Å². The quantitative estimate of drug-likeness (QED) is 0.651. The molecule has 0 spiro atoms. The second kappa shape index (κ2) is 5.58. The van der Waals surface area contributed by atoms with Gasteiger partial charge in [-0.05, 0) is 37.0 Å². The van der Waals surface area contributed by atoms with E-state index in [2.05, 4.69) is 35.1 Å². The molecular formula is C13H20BrNO. The minimum atomic E-state index is 0.356. The Morgan fingerprint density at radius 3 is 2.50 bits per heavy atom. The van der Waals surface area contributed by atoms with Gasteiger partial charge in [-0.2, -0.15) is 0 Å². The highest BCUT2D eigenvalue weighted by molar-refractivity contribution is 9.09. The van der Waals surface area contributed by atoms with Gasteiger partial charge >= 0.3 is 0 Å². The van der Waals surface area contributed by atoms with Crippen LogP contribution in [-0.2, 0) is 0 Å². The Balaban J connectivity index is 2.74. The predicted molar refractivity (Wildman–Crippen MR) is 73.6 cm³/mol. The zero-order valence-electron chi connectivity index (χ0n) is 10.3. The van der Waals surface area contributed by atoms with Gasteiger partial charge in [0.25, 0.3) is 0 Å². The minimum Gasteiger partial charge on any atom is -0.506 e. The van der Waals surface area contributed by atoms with Crippen molar-refractivity contribution in [1.82, 2.24) is 0 Å². The second-order valence-electron chi connectivity index (χ2n) is 4.62. The van der Waals surface area contributed by atoms with Gasteiger partial charge in [0.15, 0.2) is 0 Å². The van der Waals surface area contributed by atoms with Crippen LogP contribution in [0.3, 0.4) is 0 Å².